The van der Waals surface area contributed by atoms with Crippen LogP contribution in [0.15, 0.2) is 18.2 Å². The van der Waals surface area contributed by atoms with Crippen LogP contribution in [0.5, 0.6) is 0 Å². The van der Waals surface area contributed by atoms with Gasteiger partial charge in [-0.05, 0) is 56.8 Å². The molecule has 1 aromatic heterocycles. The largest absolute Gasteiger partial charge is 0.347 e. The van der Waals surface area contributed by atoms with Crippen LogP contribution < -0.4 is 10.6 Å². The van der Waals surface area contributed by atoms with Crippen molar-refractivity contribution in [2.45, 2.75) is 38.1 Å². The molecule has 1 atom stereocenters. The number of benzene rings is 1. The first-order valence-electron chi connectivity index (χ1n) is 8.71. The van der Waals surface area contributed by atoms with E-state index in [1.807, 2.05) is 10.7 Å². The van der Waals surface area contributed by atoms with Gasteiger partial charge in [0.05, 0.1) is 10.7 Å². The molecule has 4 rings (SSSR count). The molecule has 2 aliphatic rings. The fourth-order valence-electron chi connectivity index (χ4n) is 3.70. The molecule has 0 saturated carbocycles. The predicted octanol–water partition coefficient (Wildman–Crippen LogP) is 3.15. The standard InChI is InChI=1S/C18H20Cl2N4O/c19-11-6-7-16(14(20)9-11)24-15-5-1-4-13(15)17(23-24)18(25)22-12-3-2-8-21-10-12/h6-7,9,12,21H,1-5,8,10H2,(H,22,25)/t12-/m0/s1. The van der Waals surface area contributed by atoms with Crippen molar-refractivity contribution in [3.63, 3.8) is 0 Å². The summed E-state index contributed by atoms with van der Waals surface area (Å²) in [6, 6.07) is 5.51. The Morgan fingerprint density at radius 2 is 2.16 bits per heavy atom. The molecular weight excluding hydrogens is 359 g/mol. The van der Waals surface area contributed by atoms with Crippen LogP contribution in [0.1, 0.15) is 41.0 Å². The number of carbonyl (C=O) groups is 1. The van der Waals surface area contributed by atoms with Gasteiger partial charge in [0.25, 0.3) is 5.91 Å². The van der Waals surface area contributed by atoms with Crippen LogP contribution in [0.2, 0.25) is 10.0 Å². The first-order valence-corrected chi connectivity index (χ1v) is 9.47. The van der Waals surface area contributed by atoms with E-state index in [-0.39, 0.29) is 11.9 Å². The van der Waals surface area contributed by atoms with Crippen molar-refractivity contribution in [1.29, 1.82) is 0 Å². The highest BCUT2D eigenvalue weighted by molar-refractivity contribution is 6.35. The van der Waals surface area contributed by atoms with Crippen LogP contribution in [0.4, 0.5) is 0 Å². The Morgan fingerprint density at radius 3 is 2.92 bits per heavy atom. The summed E-state index contributed by atoms with van der Waals surface area (Å²) in [4.78, 5) is 12.8. The van der Waals surface area contributed by atoms with E-state index >= 15 is 0 Å². The number of hydrogen-bond donors (Lipinski definition) is 2. The number of aromatic nitrogens is 2. The van der Waals surface area contributed by atoms with E-state index in [9.17, 15) is 4.79 Å². The summed E-state index contributed by atoms with van der Waals surface area (Å²) in [5, 5.41) is 12.2. The number of hydrogen-bond acceptors (Lipinski definition) is 3. The van der Waals surface area contributed by atoms with Crippen LogP contribution in [-0.4, -0.2) is 34.8 Å². The zero-order valence-electron chi connectivity index (χ0n) is 13.8. The number of halogens is 2. The summed E-state index contributed by atoms with van der Waals surface area (Å²) >= 11 is 12.4. The molecule has 0 bridgehead atoms. The number of nitrogens with zero attached hydrogens (tertiary/aromatic N) is 2. The quantitative estimate of drug-likeness (QED) is 0.862. The molecule has 1 amide bonds. The van der Waals surface area contributed by atoms with Crippen LogP contribution in [-0.2, 0) is 12.8 Å². The molecule has 0 radical (unpaired) electrons. The van der Waals surface area contributed by atoms with Crippen molar-refractivity contribution in [2.75, 3.05) is 13.1 Å². The average Bonchev–Trinajstić information content (AvgIpc) is 3.18. The van der Waals surface area contributed by atoms with Crippen molar-refractivity contribution >= 4 is 29.1 Å². The summed E-state index contributed by atoms with van der Waals surface area (Å²) < 4.78 is 1.81. The van der Waals surface area contributed by atoms with Gasteiger partial charge in [0.15, 0.2) is 5.69 Å². The lowest BCUT2D eigenvalue weighted by molar-refractivity contribution is 0.0924. The second kappa shape index (κ2) is 6.98. The molecule has 0 unspecified atom stereocenters. The monoisotopic (exact) mass is 378 g/mol. The second-order valence-electron chi connectivity index (χ2n) is 6.65. The molecule has 7 heteroatoms. The molecule has 0 spiro atoms. The van der Waals surface area contributed by atoms with Gasteiger partial charge < -0.3 is 10.6 Å². The van der Waals surface area contributed by atoms with Crippen molar-refractivity contribution in [3.8, 4) is 5.69 Å². The fraction of sp³-hybridized carbons (Fsp3) is 0.444. The lowest BCUT2D eigenvalue weighted by Crippen LogP contribution is -2.45. The van der Waals surface area contributed by atoms with Crippen LogP contribution in [0, 0.1) is 0 Å². The van der Waals surface area contributed by atoms with E-state index in [1.165, 1.54) is 0 Å². The first kappa shape index (κ1) is 16.9. The van der Waals surface area contributed by atoms with Crippen molar-refractivity contribution in [1.82, 2.24) is 20.4 Å². The highest BCUT2D eigenvalue weighted by Crippen LogP contribution is 2.31. The molecule has 1 aliphatic heterocycles. The second-order valence-corrected chi connectivity index (χ2v) is 7.50. The highest BCUT2D eigenvalue weighted by atomic mass is 35.5. The van der Waals surface area contributed by atoms with Gasteiger partial charge in [0.1, 0.15) is 0 Å². The summed E-state index contributed by atoms with van der Waals surface area (Å²) in [5.74, 6) is -0.0873. The molecule has 1 fully saturated rings. The van der Waals surface area contributed by atoms with Crippen LogP contribution in [0.3, 0.4) is 0 Å². The Hall–Kier alpha value is -1.56. The van der Waals surface area contributed by atoms with Crippen molar-refractivity contribution < 1.29 is 4.79 Å². The van der Waals surface area contributed by atoms with E-state index in [0.717, 1.165) is 62.1 Å². The molecule has 1 saturated heterocycles. The third-order valence-electron chi connectivity index (χ3n) is 4.92. The maximum atomic E-state index is 12.8. The van der Waals surface area contributed by atoms with Crippen LogP contribution >= 0.6 is 23.2 Å². The molecular formula is C18H20Cl2N4O. The third-order valence-corrected chi connectivity index (χ3v) is 5.45. The van der Waals surface area contributed by atoms with E-state index in [2.05, 4.69) is 15.7 Å². The minimum atomic E-state index is -0.0873. The van der Waals surface area contributed by atoms with E-state index in [1.54, 1.807) is 12.1 Å². The van der Waals surface area contributed by atoms with Gasteiger partial charge in [0.2, 0.25) is 0 Å². The number of rotatable bonds is 3. The minimum Gasteiger partial charge on any atom is -0.347 e. The maximum absolute atomic E-state index is 12.8. The van der Waals surface area contributed by atoms with Gasteiger partial charge in [0, 0.05) is 28.9 Å². The molecule has 2 aromatic rings. The Morgan fingerprint density at radius 1 is 1.28 bits per heavy atom. The number of amides is 1. The molecule has 1 aliphatic carbocycles. The van der Waals surface area contributed by atoms with Gasteiger partial charge in [-0.15, -0.1) is 0 Å². The van der Waals surface area contributed by atoms with Crippen molar-refractivity contribution in [3.05, 3.63) is 45.2 Å². The topological polar surface area (TPSA) is 59.0 Å². The number of fused-ring (bicyclic) bond motifs is 1. The minimum absolute atomic E-state index is 0.0873. The lowest BCUT2D eigenvalue weighted by Gasteiger charge is -2.23. The van der Waals surface area contributed by atoms with Crippen LogP contribution in [0.25, 0.3) is 5.69 Å². The number of piperidine rings is 1. The van der Waals surface area contributed by atoms with Gasteiger partial charge in [-0.25, -0.2) is 4.68 Å². The Labute approximate surface area is 156 Å². The SMILES string of the molecule is O=C(N[C@H]1CCCNC1)c1nn(-c2ccc(Cl)cc2Cl)c2c1CCC2. The molecule has 132 valence electrons. The van der Waals surface area contributed by atoms with E-state index in [4.69, 9.17) is 23.2 Å². The number of carbonyl (C=O) groups excluding carboxylic acids is 1. The fourth-order valence-corrected chi connectivity index (χ4v) is 4.19. The van der Waals surface area contributed by atoms with E-state index < -0.39 is 0 Å². The molecule has 5 nitrogen and oxygen atoms in total. The van der Waals surface area contributed by atoms with E-state index in [0.29, 0.717) is 15.7 Å². The zero-order chi connectivity index (χ0) is 17.4. The summed E-state index contributed by atoms with van der Waals surface area (Å²) in [6.45, 7) is 1.84. The van der Waals surface area contributed by atoms with Gasteiger partial charge in [-0.2, -0.15) is 5.10 Å². The molecule has 2 heterocycles. The highest BCUT2D eigenvalue weighted by Gasteiger charge is 2.28. The predicted molar refractivity (Wildman–Crippen MR) is 99.0 cm³/mol. The van der Waals surface area contributed by atoms with Gasteiger partial charge in [-0.1, -0.05) is 23.2 Å². The zero-order valence-corrected chi connectivity index (χ0v) is 15.3. The average molecular weight is 379 g/mol. The molecule has 1 aromatic carbocycles. The molecule has 2 N–H and O–H groups in total. The summed E-state index contributed by atoms with van der Waals surface area (Å²) in [6.07, 6.45) is 4.90. The third kappa shape index (κ3) is 3.28. The summed E-state index contributed by atoms with van der Waals surface area (Å²) in [5.41, 5.74) is 3.43. The maximum Gasteiger partial charge on any atom is 0.272 e. The Kier molecular flexibility index (Phi) is 4.71. The first-order chi connectivity index (χ1) is 12.1. The van der Waals surface area contributed by atoms with Gasteiger partial charge >= 0.3 is 0 Å². The van der Waals surface area contributed by atoms with Gasteiger partial charge in [-0.3, -0.25) is 4.79 Å². The van der Waals surface area contributed by atoms with Crippen molar-refractivity contribution in [2.24, 2.45) is 0 Å². The Balaban J connectivity index is 1.66. The lowest BCUT2D eigenvalue weighted by atomic mass is 10.1. The smallest absolute Gasteiger partial charge is 0.272 e. The summed E-state index contributed by atoms with van der Waals surface area (Å²) in [7, 11) is 0. The number of nitrogens with one attached hydrogen (secondary N) is 2. The Bertz CT molecular complexity index is 812. The molecule has 25 heavy (non-hydrogen) atoms. The normalized spacial score (nSPS) is 19.7.